The van der Waals surface area contributed by atoms with E-state index in [0.29, 0.717) is 6.42 Å². The van der Waals surface area contributed by atoms with Crippen LogP contribution < -0.4 is 5.32 Å². The van der Waals surface area contributed by atoms with Crippen LogP contribution in [0.5, 0.6) is 0 Å². The van der Waals surface area contributed by atoms with Gasteiger partial charge in [0.05, 0.1) is 12.4 Å². The van der Waals surface area contributed by atoms with Crippen LogP contribution in [-0.4, -0.2) is 27.1 Å². The zero-order valence-corrected chi connectivity index (χ0v) is 12.2. The van der Waals surface area contributed by atoms with E-state index >= 15 is 0 Å². The molecule has 1 unspecified atom stereocenters. The van der Waals surface area contributed by atoms with Gasteiger partial charge in [0.1, 0.15) is 0 Å². The van der Waals surface area contributed by atoms with Crippen LogP contribution in [0.1, 0.15) is 30.1 Å². The number of carbonyl (C=O) groups is 1. The number of hydrogen-bond donors (Lipinski definition) is 2. The molecular formula is C16H21N3O2. The second-order valence-corrected chi connectivity index (χ2v) is 5.08. The molecule has 0 saturated carbocycles. The first-order valence-electron chi connectivity index (χ1n) is 7.13. The molecule has 1 amide bonds. The Hall–Kier alpha value is -2.14. The summed E-state index contributed by atoms with van der Waals surface area (Å²) in [4.78, 5) is 15.7. The molecule has 0 aliphatic carbocycles. The molecule has 2 N–H and O–H groups in total. The van der Waals surface area contributed by atoms with Gasteiger partial charge in [-0.2, -0.15) is 0 Å². The molecule has 2 aromatic rings. The highest BCUT2D eigenvalue weighted by molar-refractivity contribution is 5.75. The highest BCUT2D eigenvalue weighted by atomic mass is 16.3. The lowest BCUT2D eigenvalue weighted by Crippen LogP contribution is -2.28. The van der Waals surface area contributed by atoms with Gasteiger partial charge in [-0.15, -0.1) is 0 Å². The van der Waals surface area contributed by atoms with E-state index in [2.05, 4.69) is 10.3 Å². The van der Waals surface area contributed by atoms with Crippen molar-refractivity contribution in [3.05, 3.63) is 54.1 Å². The largest absolute Gasteiger partial charge is 0.387 e. The number of benzene rings is 1. The van der Waals surface area contributed by atoms with Crippen LogP contribution in [0, 0.1) is 6.92 Å². The van der Waals surface area contributed by atoms with Crippen LogP contribution in [-0.2, 0) is 11.3 Å². The van der Waals surface area contributed by atoms with Crippen LogP contribution in [0.25, 0.3) is 0 Å². The second-order valence-electron chi connectivity index (χ2n) is 5.08. The predicted octanol–water partition coefficient (Wildman–Crippen LogP) is 1.82. The fourth-order valence-corrected chi connectivity index (χ4v) is 2.21. The minimum absolute atomic E-state index is 0.0391. The van der Waals surface area contributed by atoms with Gasteiger partial charge in [-0.1, -0.05) is 24.3 Å². The molecule has 5 heteroatoms. The number of nitrogens with one attached hydrogen (secondary N) is 1. The second kappa shape index (κ2) is 7.59. The first kappa shape index (κ1) is 15.3. The highest BCUT2D eigenvalue weighted by Gasteiger charge is 2.11. The molecule has 0 saturated heterocycles. The number of nitrogens with zero attached hydrogens (tertiary/aromatic N) is 2. The summed E-state index contributed by atoms with van der Waals surface area (Å²) in [6.07, 6.45) is 5.86. The van der Waals surface area contributed by atoms with E-state index in [0.717, 1.165) is 24.1 Å². The number of aromatic nitrogens is 2. The third kappa shape index (κ3) is 4.72. The minimum Gasteiger partial charge on any atom is -0.387 e. The molecule has 0 aliphatic rings. The van der Waals surface area contributed by atoms with Crippen molar-refractivity contribution in [1.29, 1.82) is 0 Å². The summed E-state index contributed by atoms with van der Waals surface area (Å²) in [7, 11) is 0. The fraction of sp³-hybridized carbons (Fsp3) is 0.375. The van der Waals surface area contributed by atoms with Crippen molar-refractivity contribution in [3.63, 3.8) is 0 Å². The standard InChI is InChI=1S/C16H21N3O2/c1-13-5-2-3-6-14(13)15(20)11-18-16(21)7-4-9-19-10-8-17-12-19/h2-3,5-6,8,10,12,15,20H,4,7,9,11H2,1H3,(H,18,21). The lowest BCUT2D eigenvalue weighted by Gasteiger charge is -2.14. The van der Waals surface area contributed by atoms with Crippen LogP contribution in [0.15, 0.2) is 43.0 Å². The summed E-state index contributed by atoms with van der Waals surface area (Å²) in [6.45, 7) is 2.97. The van der Waals surface area contributed by atoms with Gasteiger partial charge in [-0.25, -0.2) is 4.98 Å². The summed E-state index contributed by atoms with van der Waals surface area (Å²) in [5, 5.41) is 12.9. The van der Waals surface area contributed by atoms with Crippen molar-refractivity contribution in [2.45, 2.75) is 32.4 Å². The molecule has 1 heterocycles. The maximum absolute atomic E-state index is 11.7. The predicted molar refractivity (Wildman–Crippen MR) is 80.6 cm³/mol. The van der Waals surface area contributed by atoms with Gasteiger partial charge in [-0.3, -0.25) is 4.79 Å². The smallest absolute Gasteiger partial charge is 0.220 e. The molecule has 0 radical (unpaired) electrons. The number of hydrogen-bond acceptors (Lipinski definition) is 3. The normalized spacial score (nSPS) is 12.1. The highest BCUT2D eigenvalue weighted by Crippen LogP contribution is 2.16. The average molecular weight is 287 g/mol. The molecular weight excluding hydrogens is 266 g/mol. The molecule has 0 aliphatic heterocycles. The summed E-state index contributed by atoms with van der Waals surface area (Å²) in [5.41, 5.74) is 1.88. The molecule has 0 spiro atoms. The van der Waals surface area contributed by atoms with Gasteiger partial charge >= 0.3 is 0 Å². The third-order valence-electron chi connectivity index (χ3n) is 3.42. The first-order valence-corrected chi connectivity index (χ1v) is 7.13. The molecule has 2 rings (SSSR count). The number of imidazole rings is 1. The van der Waals surface area contributed by atoms with E-state index in [4.69, 9.17) is 0 Å². The maximum Gasteiger partial charge on any atom is 0.220 e. The van der Waals surface area contributed by atoms with Crippen molar-refractivity contribution < 1.29 is 9.90 Å². The Morgan fingerprint density at radius 1 is 1.43 bits per heavy atom. The number of rotatable bonds is 7. The van der Waals surface area contributed by atoms with Crippen LogP contribution in [0.4, 0.5) is 0 Å². The molecule has 0 fully saturated rings. The molecule has 0 bridgehead atoms. The summed E-state index contributed by atoms with van der Waals surface area (Å²) in [6, 6.07) is 7.65. The van der Waals surface area contributed by atoms with Gasteiger partial charge in [0.2, 0.25) is 5.91 Å². The molecule has 5 nitrogen and oxygen atoms in total. The number of aliphatic hydroxyl groups is 1. The van der Waals surface area contributed by atoms with E-state index < -0.39 is 6.10 Å². The molecule has 1 aromatic heterocycles. The number of amides is 1. The molecule has 112 valence electrons. The zero-order chi connectivity index (χ0) is 15.1. The van der Waals surface area contributed by atoms with E-state index in [1.165, 1.54) is 0 Å². The topological polar surface area (TPSA) is 67.2 Å². The Balaban J connectivity index is 1.70. The zero-order valence-electron chi connectivity index (χ0n) is 12.2. The SMILES string of the molecule is Cc1ccccc1C(O)CNC(=O)CCCn1ccnc1. The van der Waals surface area contributed by atoms with E-state index in [-0.39, 0.29) is 12.5 Å². The minimum atomic E-state index is -0.663. The Bertz CT molecular complexity index is 567. The Morgan fingerprint density at radius 3 is 2.95 bits per heavy atom. The summed E-state index contributed by atoms with van der Waals surface area (Å²) < 4.78 is 1.94. The number of carbonyl (C=O) groups excluding carboxylic acids is 1. The first-order chi connectivity index (χ1) is 10.2. The van der Waals surface area contributed by atoms with Gasteiger partial charge in [0, 0.05) is 31.9 Å². The molecule has 1 aromatic carbocycles. The van der Waals surface area contributed by atoms with Crippen molar-refractivity contribution in [2.75, 3.05) is 6.54 Å². The monoisotopic (exact) mass is 287 g/mol. The Morgan fingerprint density at radius 2 is 2.24 bits per heavy atom. The number of aliphatic hydroxyl groups excluding tert-OH is 1. The maximum atomic E-state index is 11.7. The lowest BCUT2D eigenvalue weighted by atomic mass is 10.0. The van der Waals surface area contributed by atoms with Crippen molar-refractivity contribution in [3.8, 4) is 0 Å². The summed E-state index contributed by atoms with van der Waals surface area (Å²) >= 11 is 0. The van der Waals surface area contributed by atoms with E-state index in [9.17, 15) is 9.90 Å². The van der Waals surface area contributed by atoms with E-state index in [1.54, 1.807) is 12.5 Å². The fourth-order valence-electron chi connectivity index (χ4n) is 2.21. The quantitative estimate of drug-likeness (QED) is 0.816. The Kier molecular flexibility index (Phi) is 5.51. The lowest BCUT2D eigenvalue weighted by molar-refractivity contribution is -0.121. The van der Waals surface area contributed by atoms with Crippen LogP contribution in [0.3, 0.4) is 0 Å². The van der Waals surface area contributed by atoms with E-state index in [1.807, 2.05) is 42.0 Å². The molecule has 1 atom stereocenters. The van der Waals surface area contributed by atoms with Crippen molar-refractivity contribution >= 4 is 5.91 Å². The third-order valence-corrected chi connectivity index (χ3v) is 3.42. The van der Waals surface area contributed by atoms with Gasteiger partial charge in [0.15, 0.2) is 0 Å². The van der Waals surface area contributed by atoms with Gasteiger partial charge < -0.3 is 15.0 Å². The van der Waals surface area contributed by atoms with Crippen LogP contribution in [0.2, 0.25) is 0 Å². The number of aryl methyl sites for hydroxylation is 2. The van der Waals surface area contributed by atoms with Crippen molar-refractivity contribution in [2.24, 2.45) is 0 Å². The van der Waals surface area contributed by atoms with Crippen LogP contribution >= 0.6 is 0 Å². The average Bonchev–Trinajstić information content (AvgIpc) is 2.98. The molecule has 21 heavy (non-hydrogen) atoms. The van der Waals surface area contributed by atoms with Gasteiger partial charge in [0.25, 0.3) is 0 Å². The van der Waals surface area contributed by atoms with Gasteiger partial charge in [-0.05, 0) is 24.5 Å². The van der Waals surface area contributed by atoms with Crippen molar-refractivity contribution in [1.82, 2.24) is 14.9 Å². The Labute approximate surface area is 124 Å². The summed E-state index contributed by atoms with van der Waals surface area (Å²) in [5.74, 6) is -0.0391.